The predicted octanol–water partition coefficient (Wildman–Crippen LogP) is 2.24. The van der Waals surface area contributed by atoms with Gasteiger partial charge in [0.1, 0.15) is 11.8 Å². The first-order valence-corrected chi connectivity index (χ1v) is 7.22. The number of benzene rings is 1. The van der Waals surface area contributed by atoms with E-state index in [1.165, 1.54) is 12.2 Å². The summed E-state index contributed by atoms with van der Waals surface area (Å²) in [5.74, 6) is -0.477. The van der Waals surface area contributed by atoms with Crippen LogP contribution in [0.3, 0.4) is 0 Å². The molecule has 0 spiro atoms. The average Bonchev–Trinajstić information content (AvgIpc) is 2.89. The van der Waals surface area contributed by atoms with Crippen LogP contribution in [0.4, 0.5) is 0 Å². The van der Waals surface area contributed by atoms with Crippen molar-refractivity contribution in [2.75, 3.05) is 0 Å². The maximum Gasteiger partial charge on any atom is 0.245 e. The van der Waals surface area contributed by atoms with Gasteiger partial charge in [-0.2, -0.15) is 0 Å². The summed E-state index contributed by atoms with van der Waals surface area (Å²) in [6.45, 7) is 0. The van der Waals surface area contributed by atoms with Crippen molar-refractivity contribution in [1.29, 1.82) is 0 Å². The molecule has 2 amide bonds. The van der Waals surface area contributed by atoms with Crippen LogP contribution in [0.5, 0.6) is 0 Å². The Hall–Kier alpha value is -2.09. The average molecular weight is 396 g/mol. The molecule has 1 atom stereocenters. The summed E-state index contributed by atoms with van der Waals surface area (Å²) in [6.07, 6.45) is 2.83. The summed E-state index contributed by atoms with van der Waals surface area (Å²) >= 11 is 2.03. The van der Waals surface area contributed by atoms with E-state index in [0.29, 0.717) is 11.3 Å². The molecule has 0 saturated carbocycles. The second kappa shape index (κ2) is 7.07. The minimum Gasteiger partial charge on any atom is -0.451 e. The normalized spacial score (nSPS) is 12.2. The van der Waals surface area contributed by atoms with Crippen LogP contribution in [0.25, 0.3) is 6.08 Å². The summed E-state index contributed by atoms with van der Waals surface area (Å²) in [5, 5.41) is 2.57. The highest BCUT2D eigenvalue weighted by Crippen LogP contribution is 2.13. The standard InChI is InChI=1S/C15H13IN2O3/c16-12-8-6-11(21-12)7-9-13(19)18-14(15(17)20)10-4-2-1-3-5-10/h1-9,14H,(H2,17,20)(H,18,19)/b9-7+. The molecule has 1 unspecified atom stereocenters. The van der Waals surface area contributed by atoms with Crippen LogP contribution in [0.15, 0.2) is 53.0 Å². The van der Waals surface area contributed by atoms with Gasteiger partial charge in [0.2, 0.25) is 11.8 Å². The van der Waals surface area contributed by atoms with E-state index < -0.39 is 17.9 Å². The van der Waals surface area contributed by atoms with Gasteiger partial charge < -0.3 is 15.5 Å². The largest absolute Gasteiger partial charge is 0.451 e. The molecule has 21 heavy (non-hydrogen) atoms. The van der Waals surface area contributed by atoms with Crippen LogP contribution >= 0.6 is 22.6 Å². The molecule has 2 aromatic rings. The first kappa shape index (κ1) is 15.3. The molecule has 6 heteroatoms. The van der Waals surface area contributed by atoms with Crippen molar-refractivity contribution >= 4 is 40.5 Å². The zero-order valence-corrected chi connectivity index (χ0v) is 13.1. The van der Waals surface area contributed by atoms with Crippen molar-refractivity contribution < 1.29 is 14.0 Å². The molecule has 3 N–H and O–H groups in total. The third kappa shape index (κ3) is 4.45. The first-order chi connectivity index (χ1) is 10.1. The SMILES string of the molecule is NC(=O)C(NC(=O)/C=C/c1ccc(I)o1)c1ccccc1. The number of furan rings is 1. The van der Waals surface area contributed by atoms with E-state index >= 15 is 0 Å². The number of carbonyl (C=O) groups is 2. The molecule has 0 saturated heterocycles. The van der Waals surface area contributed by atoms with E-state index in [2.05, 4.69) is 5.32 Å². The Bertz CT molecular complexity index is 665. The fourth-order valence-corrected chi connectivity index (χ4v) is 2.16. The van der Waals surface area contributed by atoms with Gasteiger partial charge in [-0.1, -0.05) is 30.3 Å². The van der Waals surface area contributed by atoms with Gasteiger partial charge in [0.15, 0.2) is 3.77 Å². The number of halogens is 1. The number of nitrogens with one attached hydrogen (secondary N) is 1. The lowest BCUT2D eigenvalue weighted by molar-refractivity contribution is -0.125. The van der Waals surface area contributed by atoms with E-state index in [1.807, 2.05) is 28.7 Å². The quantitative estimate of drug-likeness (QED) is 0.601. The minimum absolute atomic E-state index is 0.422. The highest BCUT2D eigenvalue weighted by molar-refractivity contribution is 14.1. The fraction of sp³-hybridized carbons (Fsp3) is 0.0667. The number of nitrogens with two attached hydrogens (primary N) is 1. The van der Waals surface area contributed by atoms with Gasteiger partial charge in [0.25, 0.3) is 0 Å². The fourth-order valence-electron chi connectivity index (χ4n) is 1.73. The van der Waals surface area contributed by atoms with Crippen molar-refractivity contribution in [2.24, 2.45) is 5.73 Å². The Kier molecular flexibility index (Phi) is 5.15. The van der Waals surface area contributed by atoms with E-state index in [4.69, 9.17) is 10.2 Å². The van der Waals surface area contributed by atoms with Crippen molar-refractivity contribution in [2.45, 2.75) is 6.04 Å². The molecule has 0 aliphatic rings. The summed E-state index contributed by atoms with van der Waals surface area (Å²) < 4.78 is 6.03. The van der Waals surface area contributed by atoms with E-state index in [1.54, 1.807) is 36.4 Å². The number of primary amides is 1. The van der Waals surface area contributed by atoms with Crippen LogP contribution in [-0.4, -0.2) is 11.8 Å². The maximum absolute atomic E-state index is 11.9. The molecule has 0 fully saturated rings. The Labute approximate surface area is 135 Å². The molecule has 0 radical (unpaired) electrons. The predicted molar refractivity (Wildman–Crippen MR) is 87.0 cm³/mol. The van der Waals surface area contributed by atoms with Crippen molar-refractivity contribution in [3.05, 3.63) is 63.6 Å². The molecule has 0 bridgehead atoms. The smallest absolute Gasteiger partial charge is 0.245 e. The third-order valence-corrected chi connectivity index (χ3v) is 3.28. The molecule has 5 nitrogen and oxygen atoms in total. The first-order valence-electron chi connectivity index (χ1n) is 6.14. The van der Waals surface area contributed by atoms with Crippen molar-refractivity contribution in [3.63, 3.8) is 0 Å². The van der Waals surface area contributed by atoms with Gasteiger partial charge in [0, 0.05) is 6.08 Å². The Morgan fingerprint density at radius 1 is 1.19 bits per heavy atom. The third-order valence-electron chi connectivity index (χ3n) is 2.70. The Morgan fingerprint density at radius 3 is 2.48 bits per heavy atom. The van der Waals surface area contributed by atoms with Crippen molar-refractivity contribution in [3.8, 4) is 0 Å². The maximum atomic E-state index is 11.9. The number of amides is 2. The van der Waals surface area contributed by atoms with Gasteiger partial charge in [-0.3, -0.25) is 9.59 Å². The lowest BCUT2D eigenvalue weighted by Crippen LogP contribution is -2.36. The van der Waals surface area contributed by atoms with Gasteiger partial charge in [0.05, 0.1) is 0 Å². The lowest BCUT2D eigenvalue weighted by Gasteiger charge is -2.14. The van der Waals surface area contributed by atoms with Gasteiger partial charge in [-0.25, -0.2) is 0 Å². The van der Waals surface area contributed by atoms with E-state index in [9.17, 15) is 9.59 Å². The van der Waals surface area contributed by atoms with Gasteiger partial charge >= 0.3 is 0 Å². The highest BCUT2D eigenvalue weighted by atomic mass is 127. The topological polar surface area (TPSA) is 85.3 Å². The molecule has 0 aliphatic carbocycles. The highest BCUT2D eigenvalue weighted by Gasteiger charge is 2.18. The van der Waals surface area contributed by atoms with Crippen LogP contribution in [0.2, 0.25) is 0 Å². The molecule has 2 rings (SSSR count). The summed E-state index contributed by atoms with van der Waals surface area (Å²) in [4.78, 5) is 23.3. The van der Waals surface area contributed by atoms with Gasteiger partial charge in [-0.15, -0.1) is 0 Å². The monoisotopic (exact) mass is 396 g/mol. The Morgan fingerprint density at radius 2 is 1.90 bits per heavy atom. The summed E-state index contributed by atoms with van der Waals surface area (Å²) in [6, 6.07) is 11.5. The minimum atomic E-state index is -0.861. The second-order valence-electron chi connectivity index (χ2n) is 4.23. The van der Waals surface area contributed by atoms with Crippen molar-refractivity contribution in [1.82, 2.24) is 5.32 Å². The lowest BCUT2D eigenvalue weighted by atomic mass is 10.1. The van der Waals surface area contributed by atoms with E-state index in [-0.39, 0.29) is 0 Å². The summed E-state index contributed by atoms with van der Waals surface area (Å²) in [7, 11) is 0. The van der Waals surface area contributed by atoms with Gasteiger partial charge in [-0.05, 0) is 46.4 Å². The number of hydrogen-bond acceptors (Lipinski definition) is 3. The van der Waals surface area contributed by atoms with Crippen LogP contribution in [0.1, 0.15) is 17.4 Å². The van der Waals surface area contributed by atoms with Crippen LogP contribution in [0, 0.1) is 3.77 Å². The number of rotatable bonds is 5. The molecule has 1 aromatic carbocycles. The zero-order valence-electron chi connectivity index (χ0n) is 11.0. The molecule has 108 valence electrons. The molecule has 1 heterocycles. The van der Waals surface area contributed by atoms with Crippen LogP contribution in [-0.2, 0) is 9.59 Å². The molecule has 1 aromatic heterocycles. The summed E-state index contributed by atoms with van der Waals surface area (Å²) in [5.41, 5.74) is 5.97. The number of hydrogen-bond donors (Lipinski definition) is 2. The molecule has 0 aliphatic heterocycles. The zero-order chi connectivity index (χ0) is 15.2. The second-order valence-corrected chi connectivity index (χ2v) is 5.29. The Balaban J connectivity index is 2.05. The van der Waals surface area contributed by atoms with E-state index in [0.717, 1.165) is 3.77 Å². The molecular formula is C15H13IN2O3. The number of carbonyl (C=O) groups excluding carboxylic acids is 2. The van der Waals surface area contributed by atoms with Crippen LogP contribution < -0.4 is 11.1 Å². The molecular weight excluding hydrogens is 383 g/mol.